The van der Waals surface area contributed by atoms with Crippen LogP contribution in [0, 0.1) is 11.3 Å². The molecule has 0 N–H and O–H groups in total. The number of nitrogens with zero attached hydrogens (tertiary/aromatic N) is 2. The van der Waals surface area contributed by atoms with Crippen molar-refractivity contribution in [2.24, 2.45) is 0 Å². The lowest BCUT2D eigenvalue weighted by Crippen LogP contribution is -2.70. The molecule has 0 unspecified atom stereocenters. The summed E-state index contributed by atoms with van der Waals surface area (Å²) >= 11 is 0. The van der Waals surface area contributed by atoms with Crippen molar-refractivity contribution in [1.29, 1.82) is 5.26 Å². The van der Waals surface area contributed by atoms with E-state index >= 15 is 0 Å². The average molecular weight is 336 g/mol. The summed E-state index contributed by atoms with van der Waals surface area (Å²) in [4.78, 5) is 13.3. The molecule has 0 bridgehead atoms. The zero-order valence-electron chi connectivity index (χ0n) is 12.7. The van der Waals surface area contributed by atoms with E-state index in [9.17, 15) is 18.0 Å². The number of carbonyl (C=O) groups is 1. The predicted octanol–water partition coefficient (Wildman–Crippen LogP) is 3.13. The standard InChI is InChI=1S/C17H15F3N2O2/c18-17(19,20)16-9-4-7-13(8-10-21)22(16)14(11-24-15(16)23)12-5-2-1-3-6-12/h1-6,9,13-14H,7-8,11H2/t13-,14-,16-/m0/s1. The van der Waals surface area contributed by atoms with Gasteiger partial charge in [0.2, 0.25) is 5.54 Å². The van der Waals surface area contributed by atoms with Gasteiger partial charge in [-0.05, 0) is 18.1 Å². The summed E-state index contributed by atoms with van der Waals surface area (Å²) in [5.74, 6) is -1.33. The van der Waals surface area contributed by atoms with Gasteiger partial charge in [-0.25, -0.2) is 4.79 Å². The van der Waals surface area contributed by atoms with Crippen molar-refractivity contribution in [2.45, 2.75) is 36.6 Å². The van der Waals surface area contributed by atoms with Gasteiger partial charge < -0.3 is 4.74 Å². The summed E-state index contributed by atoms with van der Waals surface area (Å²) in [6.45, 7) is -0.170. The number of halogens is 3. The molecule has 2 aliphatic heterocycles. The van der Waals surface area contributed by atoms with E-state index in [1.165, 1.54) is 6.08 Å². The first kappa shape index (κ1) is 16.5. The summed E-state index contributed by atoms with van der Waals surface area (Å²) in [6, 6.07) is 9.08. The molecule has 1 aromatic rings. The molecule has 0 amide bonds. The molecule has 0 radical (unpaired) electrons. The normalized spacial score (nSPS) is 30.3. The Bertz CT molecular complexity index is 696. The van der Waals surface area contributed by atoms with E-state index < -0.39 is 29.8 Å². The second kappa shape index (κ2) is 5.95. The highest BCUT2D eigenvalue weighted by Gasteiger charge is 2.68. The van der Waals surface area contributed by atoms with Crippen molar-refractivity contribution in [1.82, 2.24) is 4.90 Å². The number of rotatable bonds is 2. The predicted molar refractivity (Wildman–Crippen MR) is 78.5 cm³/mol. The van der Waals surface area contributed by atoms with E-state index in [1.807, 2.05) is 6.07 Å². The molecule has 24 heavy (non-hydrogen) atoms. The van der Waals surface area contributed by atoms with Gasteiger partial charge in [-0.2, -0.15) is 18.4 Å². The minimum atomic E-state index is -4.85. The van der Waals surface area contributed by atoms with Gasteiger partial charge in [0.05, 0.1) is 18.5 Å². The Morgan fingerprint density at radius 2 is 2.04 bits per heavy atom. The van der Waals surface area contributed by atoms with E-state index in [0.717, 1.165) is 11.0 Å². The molecule has 1 saturated heterocycles. The smallest absolute Gasteiger partial charge is 0.421 e. The Hall–Kier alpha value is -2.33. The molecule has 0 aromatic heterocycles. The maximum Gasteiger partial charge on any atom is 0.421 e. The number of morpholine rings is 1. The van der Waals surface area contributed by atoms with Gasteiger partial charge in [0.25, 0.3) is 0 Å². The molecule has 3 rings (SSSR count). The lowest BCUT2D eigenvalue weighted by molar-refractivity contribution is -0.255. The number of carbonyl (C=O) groups excluding carboxylic acids is 1. The SMILES string of the molecule is N#CC[C@@H]1CC=C[C@@]2(C(F)(F)F)C(=O)OC[C@@H](c3ccccc3)N12. The molecular formula is C17H15F3N2O2. The zero-order chi connectivity index (χ0) is 17.4. The van der Waals surface area contributed by atoms with Crippen LogP contribution in [0.15, 0.2) is 42.5 Å². The number of nitriles is 1. The molecule has 1 fully saturated rings. The maximum atomic E-state index is 13.9. The van der Waals surface area contributed by atoms with Crippen molar-refractivity contribution in [2.75, 3.05) is 6.61 Å². The number of hydrogen-bond acceptors (Lipinski definition) is 4. The number of cyclic esters (lactones) is 1. The lowest BCUT2D eigenvalue weighted by atomic mass is 9.82. The van der Waals surface area contributed by atoms with Gasteiger partial charge in [-0.3, -0.25) is 4.90 Å². The van der Waals surface area contributed by atoms with Gasteiger partial charge >= 0.3 is 12.1 Å². The number of benzene rings is 1. The van der Waals surface area contributed by atoms with Gasteiger partial charge in [-0.15, -0.1) is 0 Å². The molecular weight excluding hydrogens is 321 g/mol. The van der Waals surface area contributed by atoms with Crippen LogP contribution in [0.2, 0.25) is 0 Å². The van der Waals surface area contributed by atoms with E-state index in [4.69, 9.17) is 10.00 Å². The van der Waals surface area contributed by atoms with Crippen molar-refractivity contribution in [3.05, 3.63) is 48.0 Å². The first-order valence-electron chi connectivity index (χ1n) is 7.54. The second-order valence-corrected chi connectivity index (χ2v) is 5.85. The summed E-state index contributed by atoms with van der Waals surface area (Å²) in [5.41, 5.74) is -2.22. The Morgan fingerprint density at radius 1 is 1.33 bits per heavy atom. The zero-order valence-corrected chi connectivity index (χ0v) is 12.7. The van der Waals surface area contributed by atoms with Gasteiger partial charge in [0, 0.05) is 6.04 Å². The summed E-state index contributed by atoms with van der Waals surface area (Å²) in [7, 11) is 0. The number of alkyl halides is 3. The van der Waals surface area contributed by atoms with E-state index in [-0.39, 0.29) is 19.4 Å². The average Bonchev–Trinajstić information content (AvgIpc) is 2.56. The minimum absolute atomic E-state index is 0.0984. The molecule has 0 saturated carbocycles. The van der Waals surface area contributed by atoms with Crippen molar-refractivity contribution in [3.63, 3.8) is 0 Å². The van der Waals surface area contributed by atoms with E-state index in [2.05, 4.69) is 0 Å². The van der Waals surface area contributed by atoms with Crippen LogP contribution in [-0.2, 0) is 9.53 Å². The van der Waals surface area contributed by atoms with Crippen LogP contribution in [0.1, 0.15) is 24.4 Å². The Labute approximate surface area is 137 Å². The number of fused-ring (bicyclic) bond motifs is 1. The minimum Gasteiger partial charge on any atom is -0.462 e. The fourth-order valence-electron chi connectivity index (χ4n) is 3.48. The molecule has 0 aliphatic carbocycles. The van der Waals surface area contributed by atoms with Gasteiger partial charge in [0.1, 0.15) is 6.61 Å². The third-order valence-corrected chi connectivity index (χ3v) is 4.53. The molecule has 3 atom stereocenters. The van der Waals surface area contributed by atoms with Crippen LogP contribution in [0.25, 0.3) is 0 Å². The summed E-state index contributed by atoms with van der Waals surface area (Å²) in [5, 5.41) is 9.02. The quantitative estimate of drug-likeness (QED) is 0.615. The Morgan fingerprint density at radius 3 is 2.67 bits per heavy atom. The third-order valence-electron chi connectivity index (χ3n) is 4.53. The molecule has 1 aromatic carbocycles. The van der Waals surface area contributed by atoms with E-state index in [1.54, 1.807) is 30.3 Å². The van der Waals surface area contributed by atoms with Crippen LogP contribution in [0.5, 0.6) is 0 Å². The fraction of sp³-hybridized carbons (Fsp3) is 0.412. The van der Waals surface area contributed by atoms with Crippen molar-refractivity contribution < 1.29 is 22.7 Å². The highest BCUT2D eigenvalue weighted by Crippen LogP contribution is 2.49. The summed E-state index contributed by atoms with van der Waals surface area (Å²) in [6.07, 6.45) is -2.47. The van der Waals surface area contributed by atoms with Gasteiger partial charge in [0.15, 0.2) is 0 Å². The molecule has 0 spiro atoms. The van der Waals surface area contributed by atoms with E-state index in [0.29, 0.717) is 5.56 Å². The number of hydrogen-bond donors (Lipinski definition) is 0. The first-order chi connectivity index (χ1) is 11.4. The first-order valence-corrected chi connectivity index (χ1v) is 7.54. The molecule has 4 nitrogen and oxygen atoms in total. The van der Waals surface area contributed by atoms with Crippen LogP contribution in [-0.4, -0.2) is 35.2 Å². The molecule has 2 aliphatic rings. The van der Waals surface area contributed by atoms with Gasteiger partial charge in [-0.1, -0.05) is 36.4 Å². The third kappa shape index (κ3) is 2.38. The monoisotopic (exact) mass is 336 g/mol. The van der Waals surface area contributed by atoms with Crippen molar-refractivity contribution >= 4 is 5.97 Å². The molecule has 2 heterocycles. The van der Waals surface area contributed by atoms with Crippen LogP contribution < -0.4 is 0 Å². The number of ether oxygens (including phenoxy) is 1. The highest BCUT2D eigenvalue weighted by molar-refractivity contribution is 5.86. The highest BCUT2D eigenvalue weighted by atomic mass is 19.4. The van der Waals surface area contributed by atoms with Crippen LogP contribution in [0.3, 0.4) is 0 Å². The fourth-order valence-corrected chi connectivity index (χ4v) is 3.48. The summed E-state index contributed by atoms with van der Waals surface area (Å²) < 4.78 is 46.8. The topological polar surface area (TPSA) is 53.3 Å². The second-order valence-electron chi connectivity index (χ2n) is 5.85. The number of esters is 1. The van der Waals surface area contributed by atoms with Crippen LogP contribution in [0.4, 0.5) is 13.2 Å². The molecule has 7 heteroatoms. The lowest BCUT2D eigenvalue weighted by Gasteiger charge is -2.52. The Kier molecular flexibility index (Phi) is 4.10. The van der Waals surface area contributed by atoms with Crippen molar-refractivity contribution in [3.8, 4) is 6.07 Å². The maximum absolute atomic E-state index is 13.9. The largest absolute Gasteiger partial charge is 0.462 e. The Balaban J connectivity index is 2.16. The van der Waals surface area contributed by atoms with Crippen LogP contribution >= 0.6 is 0 Å². The molecule has 126 valence electrons.